The van der Waals surface area contributed by atoms with Gasteiger partial charge >= 0.3 is 0 Å². The van der Waals surface area contributed by atoms with Crippen molar-refractivity contribution in [3.63, 3.8) is 0 Å². The second kappa shape index (κ2) is 7.30. The molecule has 0 aliphatic carbocycles. The van der Waals surface area contributed by atoms with Crippen molar-refractivity contribution in [1.29, 1.82) is 0 Å². The molecule has 2 aliphatic heterocycles. The standard InChI is InChI=1S/C18H23FN2O3/c1-20-15(22)12-24-17(16(20)13-6-8-14(19)9-7-13)18(23)21-10-4-2-3-5-11-21/h6-9,16-17H,2-5,10-12H2,1H3. The van der Waals surface area contributed by atoms with Crippen LogP contribution in [0.3, 0.4) is 0 Å². The minimum atomic E-state index is -0.740. The highest BCUT2D eigenvalue weighted by atomic mass is 19.1. The molecule has 130 valence electrons. The number of rotatable bonds is 2. The lowest BCUT2D eigenvalue weighted by atomic mass is 9.97. The molecular weight excluding hydrogens is 311 g/mol. The van der Waals surface area contributed by atoms with E-state index in [1.54, 1.807) is 19.2 Å². The van der Waals surface area contributed by atoms with Crippen LogP contribution in [0.1, 0.15) is 37.3 Å². The molecule has 3 rings (SSSR count). The highest BCUT2D eigenvalue weighted by molar-refractivity contribution is 5.86. The Morgan fingerprint density at radius 1 is 1.12 bits per heavy atom. The molecule has 0 aromatic heterocycles. The first-order valence-electron chi connectivity index (χ1n) is 8.49. The van der Waals surface area contributed by atoms with Crippen LogP contribution < -0.4 is 0 Å². The van der Waals surface area contributed by atoms with Crippen LogP contribution >= 0.6 is 0 Å². The second-order valence-corrected chi connectivity index (χ2v) is 6.47. The predicted octanol–water partition coefficient (Wildman–Crippen LogP) is 2.13. The minimum Gasteiger partial charge on any atom is -0.356 e. The van der Waals surface area contributed by atoms with Gasteiger partial charge < -0.3 is 14.5 Å². The number of carbonyl (C=O) groups excluding carboxylic acids is 2. The van der Waals surface area contributed by atoms with Crippen LogP contribution in [0.15, 0.2) is 24.3 Å². The van der Waals surface area contributed by atoms with Gasteiger partial charge in [0.2, 0.25) is 5.91 Å². The summed E-state index contributed by atoms with van der Waals surface area (Å²) in [4.78, 5) is 28.4. The molecule has 0 bridgehead atoms. The van der Waals surface area contributed by atoms with Crippen LogP contribution in [-0.2, 0) is 14.3 Å². The van der Waals surface area contributed by atoms with Crippen LogP contribution in [0.2, 0.25) is 0 Å². The molecule has 0 spiro atoms. The molecule has 2 heterocycles. The van der Waals surface area contributed by atoms with Gasteiger partial charge in [-0.05, 0) is 30.5 Å². The number of halogens is 1. The Morgan fingerprint density at radius 2 is 1.75 bits per heavy atom. The first-order chi connectivity index (χ1) is 11.6. The summed E-state index contributed by atoms with van der Waals surface area (Å²) < 4.78 is 18.9. The Bertz CT molecular complexity index is 597. The van der Waals surface area contributed by atoms with Crippen LogP contribution in [0.25, 0.3) is 0 Å². The van der Waals surface area contributed by atoms with E-state index in [1.807, 2.05) is 4.90 Å². The average molecular weight is 334 g/mol. The van der Waals surface area contributed by atoms with Crippen LogP contribution in [0.4, 0.5) is 4.39 Å². The summed E-state index contributed by atoms with van der Waals surface area (Å²) in [5, 5.41) is 0. The van der Waals surface area contributed by atoms with E-state index in [0.29, 0.717) is 5.56 Å². The molecule has 2 fully saturated rings. The second-order valence-electron chi connectivity index (χ2n) is 6.47. The number of benzene rings is 1. The quantitative estimate of drug-likeness (QED) is 0.832. The number of amides is 2. The summed E-state index contributed by atoms with van der Waals surface area (Å²) in [7, 11) is 1.67. The van der Waals surface area contributed by atoms with Gasteiger partial charge in [0.05, 0.1) is 6.04 Å². The van der Waals surface area contributed by atoms with Crippen molar-refractivity contribution in [1.82, 2.24) is 9.80 Å². The first kappa shape index (κ1) is 16.9. The first-order valence-corrected chi connectivity index (χ1v) is 8.49. The van der Waals surface area contributed by atoms with Crippen molar-refractivity contribution in [2.75, 3.05) is 26.7 Å². The van der Waals surface area contributed by atoms with Gasteiger partial charge in [-0.1, -0.05) is 25.0 Å². The largest absolute Gasteiger partial charge is 0.356 e. The predicted molar refractivity (Wildman–Crippen MR) is 86.7 cm³/mol. The number of hydrogen-bond acceptors (Lipinski definition) is 3. The van der Waals surface area contributed by atoms with E-state index in [2.05, 4.69) is 0 Å². The monoisotopic (exact) mass is 334 g/mol. The lowest BCUT2D eigenvalue weighted by Gasteiger charge is -2.40. The number of ether oxygens (including phenoxy) is 1. The minimum absolute atomic E-state index is 0.0782. The zero-order valence-corrected chi connectivity index (χ0v) is 13.9. The van der Waals surface area contributed by atoms with Crippen LogP contribution in [0, 0.1) is 5.82 Å². The maximum atomic E-state index is 13.2. The summed E-state index contributed by atoms with van der Waals surface area (Å²) in [6, 6.07) is 5.39. The fraction of sp³-hybridized carbons (Fsp3) is 0.556. The van der Waals surface area contributed by atoms with Crippen LogP contribution in [0.5, 0.6) is 0 Å². The molecule has 2 amide bonds. The van der Waals surface area contributed by atoms with Gasteiger partial charge in [-0.25, -0.2) is 4.39 Å². The van der Waals surface area contributed by atoms with E-state index in [9.17, 15) is 14.0 Å². The van der Waals surface area contributed by atoms with Crippen molar-refractivity contribution in [2.24, 2.45) is 0 Å². The Kier molecular flexibility index (Phi) is 5.14. The Labute approximate surface area is 141 Å². The highest BCUT2D eigenvalue weighted by Crippen LogP contribution is 2.30. The molecule has 24 heavy (non-hydrogen) atoms. The SMILES string of the molecule is CN1C(=O)COC(C(=O)N2CCCCCC2)C1c1ccc(F)cc1. The molecule has 0 N–H and O–H groups in total. The van der Waals surface area contributed by atoms with Crippen LogP contribution in [-0.4, -0.2) is 54.5 Å². The molecule has 2 unspecified atom stereocenters. The highest BCUT2D eigenvalue weighted by Gasteiger charge is 2.41. The fourth-order valence-electron chi connectivity index (χ4n) is 3.45. The number of hydrogen-bond donors (Lipinski definition) is 0. The Morgan fingerprint density at radius 3 is 2.38 bits per heavy atom. The number of carbonyl (C=O) groups is 2. The summed E-state index contributed by atoms with van der Waals surface area (Å²) in [6.45, 7) is 1.36. The van der Waals surface area contributed by atoms with E-state index in [4.69, 9.17) is 4.74 Å². The molecule has 1 aromatic carbocycles. The third-order valence-electron chi connectivity index (χ3n) is 4.86. The third kappa shape index (κ3) is 3.43. The fourth-order valence-corrected chi connectivity index (χ4v) is 3.45. The molecule has 0 saturated carbocycles. The average Bonchev–Trinajstić information content (AvgIpc) is 2.87. The molecule has 5 nitrogen and oxygen atoms in total. The van der Waals surface area contributed by atoms with Gasteiger partial charge in [0.1, 0.15) is 12.4 Å². The van der Waals surface area contributed by atoms with Crippen molar-refractivity contribution in [3.05, 3.63) is 35.6 Å². The molecule has 2 atom stereocenters. The summed E-state index contributed by atoms with van der Waals surface area (Å²) in [6.07, 6.45) is 3.52. The van der Waals surface area contributed by atoms with Crippen molar-refractivity contribution >= 4 is 11.8 Å². The maximum Gasteiger partial charge on any atom is 0.254 e. The van der Waals surface area contributed by atoms with Gasteiger partial charge in [-0.15, -0.1) is 0 Å². The van der Waals surface area contributed by atoms with E-state index in [-0.39, 0.29) is 24.2 Å². The molecule has 6 heteroatoms. The molecule has 0 radical (unpaired) electrons. The topological polar surface area (TPSA) is 49.9 Å². The zero-order chi connectivity index (χ0) is 17.1. The lowest BCUT2D eigenvalue weighted by molar-refractivity contribution is -0.167. The number of likely N-dealkylation sites (tertiary alicyclic amines) is 1. The zero-order valence-electron chi connectivity index (χ0n) is 13.9. The van der Waals surface area contributed by atoms with Gasteiger partial charge in [0.15, 0.2) is 6.10 Å². The van der Waals surface area contributed by atoms with Crippen molar-refractivity contribution in [3.8, 4) is 0 Å². The summed E-state index contributed by atoms with van der Waals surface area (Å²) in [5.74, 6) is -0.602. The smallest absolute Gasteiger partial charge is 0.254 e. The Hall–Kier alpha value is -1.95. The van der Waals surface area contributed by atoms with E-state index < -0.39 is 12.1 Å². The van der Waals surface area contributed by atoms with Gasteiger partial charge in [-0.2, -0.15) is 0 Å². The van der Waals surface area contributed by atoms with Gasteiger partial charge in [0, 0.05) is 20.1 Å². The number of likely N-dealkylation sites (N-methyl/N-ethyl adjacent to an activating group) is 1. The number of morpholine rings is 1. The third-order valence-corrected chi connectivity index (χ3v) is 4.86. The molecular formula is C18H23FN2O3. The summed E-state index contributed by atoms with van der Waals surface area (Å²) >= 11 is 0. The maximum absolute atomic E-state index is 13.2. The van der Waals surface area contributed by atoms with Gasteiger partial charge in [-0.3, -0.25) is 9.59 Å². The summed E-state index contributed by atoms with van der Waals surface area (Å²) in [5.41, 5.74) is 0.708. The molecule has 2 saturated heterocycles. The van der Waals surface area contributed by atoms with E-state index in [0.717, 1.165) is 38.8 Å². The van der Waals surface area contributed by atoms with E-state index in [1.165, 1.54) is 17.0 Å². The van der Waals surface area contributed by atoms with E-state index >= 15 is 0 Å². The number of nitrogens with zero attached hydrogens (tertiary/aromatic N) is 2. The van der Waals surface area contributed by atoms with Gasteiger partial charge in [0.25, 0.3) is 5.91 Å². The Balaban J connectivity index is 1.86. The lowest BCUT2D eigenvalue weighted by Crippen LogP contribution is -2.54. The van der Waals surface area contributed by atoms with Crippen molar-refractivity contribution in [2.45, 2.75) is 37.8 Å². The van der Waals surface area contributed by atoms with Crippen molar-refractivity contribution < 1.29 is 18.7 Å². The molecule has 2 aliphatic rings. The normalized spacial score (nSPS) is 25.5. The molecule has 1 aromatic rings.